The third-order valence-corrected chi connectivity index (χ3v) is 6.12. The molecule has 0 fully saturated rings. The molecule has 0 spiro atoms. The topological polar surface area (TPSA) is 95.8 Å². The van der Waals surface area contributed by atoms with Crippen molar-refractivity contribution >= 4 is 22.8 Å². The van der Waals surface area contributed by atoms with Crippen LogP contribution in [0.3, 0.4) is 0 Å². The molecule has 4 aromatic rings. The van der Waals surface area contributed by atoms with Gasteiger partial charge in [0, 0.05) is 30.8 Å². The monoisotopic (exact) mass is 469 g/mol. The van der Waals surface area contributed by atoms with Crippen LogP contribution in [0.15, 0.2) is 49.6 Å². The Hall–Kier alpha value is -3.27. The summed E-state index contributed by atoms with van der Waals surface area (Å²) < 4.78 is 21.7. The van der Waals surface area contributed by atoms with E-state index in [-0.39, 0.29) is 11.7 Å². The number of benzene rings is 1. The van der Waals surface area contributed by atoms with Crippen molar-refractivity contribution in [2.24, 2.45) is 7.05 Å². The lowest BCUT2D eigenvalue weighted by Gasteiger charge is -2.14. The average molecular weight is 470 g/mol. The standard InChI is InChI=1S/C23H24FN5O3S/c1-5-9-29-19-17(22(30)28(4)23(29)31)21(27-18(26-19)13(2)3)33-12-16-11-32-20(25-16)14-7-6-8-15(24)10-14/h6-8,10-11,13H,5,9,12H2,1-4H3. The number of thioether (sulfide) groups is 1. The zero-order valence-corrected chi connectivity index (χ0v) is 19.6. The van der Waals surface area contributed by atoms with Gasteiger partial charge in [0.2, 0.25) is 5.89 Å². The number of aromatic nitrogens is 5. The molecule has 0 atom stereocenters. The summed E-state index contributed by atoms with van der Waals surface area (Å²) >= 11 is 1.33. The molecule has 0 saturated heterocycles. The van der Waals surface area contributed by atoms with Crippen molar-refractivity contribution in [2.45, 2.75) is 50.4 Å². The third kappa shape index (κ3) is 4.47. The van der Waals surface area contributed by atoms with Crippen LogP contribution >= 0.6 is 11.8 Å². The number of halogens is 1. The summed E-state index contributed by atoms with van der Waals surface area (Å²) in [5.74, 6) is 0.883. The maximum Gasteiger partial charge on any atom is 0.332 e. The summed E-state index contributed by atoms with van der Waals surface area (Å²) in [7, 11) is 1.46. The molecule has 0 aliphatic carbocycles. The lowest BCUT2D eigenvalue weighted by Crippen LogP contribution is -2.39. The maximum absolute atomic E-state index is 13.5. The smallest absolute Gasteiger partial charge is 0.332 e. The molecule has 172 valence electrons. The van der Waals surface area contributed by atoms with Crippen LogP contribution in [0.5, 0.6) is 0 Å². The zero-order chi connectivity index (χ0) is 23.7. The molecule has 8 nitrogen and oxygen atoms in total. The third-order valence-electron chi connectivity index (χ3n) is 5.11. The van der Waals surface area contributed by atoms with Crippen molar-refractivity contribution in [1.29, 1.82) is 0 Å². The molecule has 0 aliphatic heterocycles. The molecule has 33 heavy (non-hydrogen) atoms. The SMILES string of the molecule is CCCn1c(=O)n(C)c(=O)c2c(SCc3coc(-c4cccc(F)c4)n3)nc(C(C)C)nc21. The first-order chi connectivity index (χ1) is 15.8. The number of aryl methyl sites for hydroxylation is 1. The molecule has 0 N–H and O–H groups in total. The van der Waals surface area contributed by atoms with Crippen molar-refractivity contribution in [2.75, 3.05) is 0 Å². The first kappa shape index (κ1) is 22.9. The van der Waals surface area contributed by atoms with Crippen molar-refractivity contribution in [1.82, 2.24) is 24.1 Å². The number of hydrogen-bond acceptors (Lipinski definition) is 7. The van der Waals surface area contributed by atoms with E-state index in [1.165, 1.54) is 41.8 Å². The van der Waals surface area contributed by atoms with Gasteiger partial charge < -0.3 is 4.42 Å². The van der Waals surface area contributed by atoms with Crippen molar-refractivity contribution in [3.05, 3.63) is 68.7 Å². The predicted molar refractivity (Wildman–Crippen MR) is 125 cm³/mol. The van der Waals surface area contributed by atoms with Crippen LogP contribution in [-0.4, -0.2) is 24.1 Å². The summed E-state index contributed by atoms with van der Waals surface area (Å²) in [5.41, 5.74) is 0.691. The van der Waals surface area contributed by atoms with Gasteiger partial charge in [0.15, 0.2) is 5.65 Å². The van der Waals surface area contributed by atoms with E-state index < -0.39 is 11.2 Å². The summed E-state index contributed by atoms with van der Waals surface area (Å²) in [6.07, 6.45) is 2.23. The number of rotatable bonds is 7. The van der Waals surface area contributed by atoms with Gasteiger partial charge in [-0.1, -0.05) is 38.6 Å². The van der Waals surface area contributed by atoms with Crippen LogP contribution in [0, 0.1) is 5.82 Å². The van der Waals surface area contributed by atoms with Crippen molar-refractivity contribution < 1.29 is 8.81 Å². The number of oxazole rings is 1. The van der Waals surface area contributed by atoms with Crippen molar-refractivity contribution in [3.63, 3.8) is 0 Å². The first-order valence-corrected chi connectivity index (χ1v) is 11.6. The van der Waals surface area contributed by atoms with E-state index in [0.717, 1.165) is 11.0 Å². The van der Waals surface area contributed by atoms with E-state index in [1.807, 2.05) is 20.8 Å². The van der Waals surface area contributed by atoms with Gasteiger partial charge in [-0.3, -0.25) is 13.9 Å². The number of fused-ring (bicyclic) bond motifs is 1. The van der Waals surface area contributed by atoms with Gasteiger partial charge in [0.25, 0.3) is 5.56 Å². The second-order valence-corrected chi connectivity index (χ2v) is 8.95. The van der Waals surface area contributed by atoms with Crippen LogP contribution in [-0.2, 0) is 19.3 Å². The Labute approximate surface area is 193 Å². The van der Waals surface area contributed by atoms with Crippen LogP contribution in [0.25, 0.3) is 22.5 Å². The summed E-state index contributed by atoms with van der Waals surface area (Å²) in [4.78, 5) is 39.4. The van der Waals surface area contributed by atoms with E-state index in [9.17, 15) is 14.0 Å². The fourth-order valence-electron chi connectivity index (χ4n) is 3.41. The number of nitrogens with zero attached hydrogens (tertiary/aromatic N) is 5. The maximum atomic E-state index is 13.5. The van der Waals surface area contributed by atoms with Crippen LogP contribution < -0.4 is 11.2 Å². The first-order valence-electron chi connectivity index (χ1n) is 10.6. The van der Waals surface area contributed by atoms with E-state index in [0.29, 0.717) is 51.3 Å². The second kappa shape index (κ2) is 9.30. The molecule has 0 unspecified atom stereocenters. The molecular formula is C23H24FN5O3S. The molecule has 4 rings (SSSR count). The highest BCUT2D eigenvalue weighted by Crippen LogP contribution is 2.28. The van der Waals surface area contributed by atoms with E-state index in [4.69, 9.17) is 4.42 Å². The van der Waals surface area contributed by atoms with E-state index in [1.54, 1.807) is 12.1 Å². The fraction of sp³-hybridized carbons (Fsp3) is 0.348. The van der Waals surface area contributed by atoms with Crippen LogP contribution in [0.4, 0.5) is 4.39 Å². The lowest BCUT2D eigenvalue weighted by atomic mass is 10.2. The van der Waals surface area contributed by atoms with Gasteiger partial charge in [-0.25, -0.2) is 24.1 Å². The minimum Gasteiger partial charge on any atom is -0.444 e. The van der Waals surface area contributed by atoms with Gasteiger partial charge in [0.1, 0.15) is 28.3 Å². The molecule has 3 aromatic heterocycles. The molecule has 0 bridgehead atoms. The quantitative estimate of drug-likeness (QED) is 0.297. The largest absolute Gasteiger partial charge is 0.444 e. The Kier molecular flexibility index (Phi) is 6.46. The van der Waals surface area contributed by atoms with Crippen LogP contribution in [0.2, 0.25) is 0 Å². The fourth-order valence-corrected chi connectivity index (χ4v) is 4.31. The molecule has 0 radical (unpaired) electrons. The Morgan fingerprint density at radius 1 is 1.18 bits per heavy atom. The highest BCUT2D eigenvalue weighted by atomic mass is 32.2. The van der Waals surface area contributed by atoms with Gasteiger partial charge in [0.05, 0.1) is 5.69 Å². The highest BCUT2D eigenvalue weighted by Gasteiger charge is 2.20. The lowest BCUT2D eigenvalue weighted by molar-refractivity contribution is 0.571. The minimum atomic E-state index is -0.430. The summed E-state index contributed by atoms with van der Waals surface area (Å²) in [5, 5.41) is 0.804. The van der Waals surface area contributed by atoms with Gasteiger partial charge >= 0.3 is 5.69 Å². The Bertz CT molecular complexity index is 1440. The second-order valence-electron chi connectivity index (χ2n) is 7.98. The van der Waals surface area contributed by atoms with Gasteiger partial charge in [-0.2, -0.15) is 0 Å². The molecular weight excluding hydrogens is 445 g/mol. The Morgan fingerprint density at radius 3 is 2.67 bits per heavy atom. The molecule has 1 aromatic carbocycles. The van der Waals surface area contributed by atoms with Crippen LogP contribution in [0.1, 0.15) is 44.6 Å². The molecule has 0 saturated carbocycles. The summed E-state index contributed by atoms with van der Waals surface area (Å²) in [6.45, 7) is 6.33. The molecule has 0 aliphatic rings. The van der Waals surface area contributed by atoms with Gasteiger partial charge in [-0.05, 0) is 24.6 Å². The zero-order valence-electron chi connectivity index (χ0n) is 18.8. The molecule has 3 heterocycles. The van der Waals surface area contributed by atoms with Gasteiger partial charge in [-0.15, -0.1) is 0 Å². The number of hydrogen-bond donors (Lipinski definition) is 0. The predicted octanol–water partition coefficient (Wildman–Crippen LogP) is 4.11. The average Bonchev–Trinajstić information content (AvgIpc) is 3.27. The van der Waals surface area contributed by atoms with E-state index >= 15 is 0 Å². The normalized spacial score (nSPS) is 11.6. The highest BCUT2D eigenvalue weighted by molar-refractivity contribution is 7.98. The Morgan fingerprint density at radius 2 is 1.97 bits per heavy atom. The van der Waals surface area contributed by atoms with E-state index in [2.05, 4.69) is 15.0 Å². The minimum absolute atomic E-state index is 0.00890. The Balaban J connectivity index is 1.76. The summed E-state index contributed by atoms with van der Waals surface area (Å²) in [6, 6.07) is 6.02. The molecule has 10 heteroatoms. The van der Waals surface area contributed by atoms with Crippen molar-refractivity contribution in [3.8, 4) is 11.5 Å². The molecule has 0 amide bonds.